The zero-order chi connectivity index (χ0) is 19.7. The maximum absolute atomic E-state index is 12.7. The number of nitrogens with one attached hydrogen (secondary N) is 2. The summed E-state index contributed by atoms with van der Waals surface area (Å²) >= 11 is 0. The van der Waals surface area contributed by atoms with Crippen LogP contribution in [-0.2, 0) is 15.8 Å². The van der Waals surface area contributed by atoms with Gasteiger partial charge in [0.05, 0.1) is 24.7 Å². The van der Waals surface area contributed by atoms with Crippen LogP contribution in [0.25, 0.3) is 0 Å². The molecule has 9 heteroatoms. The van der Waals surface area contributed by atoms with Crippen molar-refractivity contribution >= 4 is 11.8 Å². The summed E-state index contributed by atoms with van der Waals surface area (Å²) in [5.41, 5.74) is 5.10. The fourth-order valence-electron chi connectivity index (χ4n) is 2.54. The van der Waals surface area contributed by atoms with Gasteiger partial charge in [-0.15, -0.1) is 0 Å². The molecule has 0 saturated carbocycles. The highest BCUT2D eigenvalue weighted by Gasteiger charge is 2.30. The highest BCUT2D eigenvalue weighted by molar-refractivity contribution is 5.85. The number of nitrogens with two attached hydrogens (primary N) is 1. The second-order valence-corrected chi connectivity index (χ2v) is 5.64. The summed E-state index contributed by atoms with van der Waals surface area (Å²) in [4.78, 5) is 25.0. The molecule has 0 aliphatic carbocycles. The van der Waals surface area contributed by atoms with Crippen molar-refractivity contribution in [3.05, 3.63) is 35.4 Å². The number of hydrogen-bond donors (Lipinski definition) is 3. The zero-order valence-corrected chi connectivity index (χ0v) is 14.9. The number of carbonyl (C=O) groups excluding carboxylic acids is 2. The fourth-order valence-corrected chi connectivity index (χ4v) is 2.54. The first kappa shape index (κ1) is 21.9. The molecule has 0 radical (unpaired) electrons. The van der Waals surface area contributed by atoms with E-state index in [0.717, 1.165) is 12.1 Å². The van der Waals surface area contributed by atoms with Crippen molar-refractivity contribution < 1.29 is 22.8 Å². The maximum atomic E-state index is 12.7. The van der Waals surface area contributed by atoms with Crippen LogP contribution in [0.4, 0.5) is 13.2 Å². The Labute approximate surface area is 150 Å². The summed E-state index contributed by atoms with van der Waals surface area (Å²) in [6, 6.07) is 4.65. The van der Waals surface area contributed by atoms with Crippen LogP contribution >= 0.6 is 0 Å². The molecule has 1 aromatic rings. The molecule has 0 bridgehead atoms. The van der Waals surface area contributed by atoms with Crippen molar-refractivity contribution in [2.24, 2.45) is 5.73 Å². The second kappa shape index (κ2) is 10.1. The minimum atomic E-state index is -4.39. The van der Waals surface area contributed by atoms with Gasteiger partial charge in [-0.05, 0) is 30.8 Å². The molecule has 1 aromatic carbocycles. The SMILES string of the molecule is CCN(CC)C(CNC(=O)CNC(=O)CN)c1ccc(C(F)(F)F)cc1. The molecule has 2 amide bonds. The molecule has 0 aromatic heterocycles. The van der Waals surface area contributed by atoms with Crippen LogP contribution in [0.5, 0.6) is 0 Å². The number of nitrogens with zero attached hydrogens (tertiary/aromatic N) is 1. The third kappa shape index (κ3) is 6.64. The van der Waals surface area contributed by atoms with E-state index in [-0.39, 0.29) is 25.7 Å². The molecular formula is C17H25F3N4O2. The molecule has 1 unspecified atom stereocenters. The molecule has 0 saturated heterocycles. The largest absolute Gasteiger partial charge is 0.416 e. The number of benzene rings is 1. The van der Waals surface area contributed by atoms with E-state index in [9.17, 15) is 22.8 Å². The minimum Gasteiger partial charge on any atom is -0.353 e. The first-order chi connectivity index (χ1) is 12.2. The minimum absolute atomic E-state index is 0.200. The molecule has 0 aliphatic heterocycles. The van der Waals surface area contributed by atoms with Crippen molar-refractivity contribution in [3.8, 4) is 0 Å². The van der Waals surface area contributed by atoms with Gasteiger partial charge >= 0.3 is 6.18 Å². The van der Waals surface area contributed by atoms with Gasteiger partial charge in [0.15, 0.2) is 0 Å². The van der Waals surface area contributed by atoms with E-state index >= 15 is 0 Å². The molecule has 0 fully saturated rings. The van der Waals surface area contributed by atoms with Gasteiger partial charge in [0.2, 0.25) is 11.8 Å². The Balaban J connectivity index is 2.82. The lowest BCUT2D eigenvalue weighted by atomic mass is 10.0. The zero-order valence-electron chi connectivity index (χ0n) is 14.9. The Hall–Kier alpha value is -2.13. The second-order valence-electron chi connectivity index (χ2n) is 5.64. The monoisotopic (exact) mass is 374 g/mol. The van der Waals surface area contributed by atoms with E-state index in [1.54, 1.807) is 0 Å². The average Bonchev–Trinajstić information content (AvgIpc) is 2.62. The Morgan fingerprint density at radius 1 is 1.08 bits per heavy atom. The lowest BCUT2D eigenvalue weighted by Gasteiger charge is -2.30. The lowest BCUT2D eigenvalue weighted by Crippen LogP contribution is -2.43. The van der Waals surface area contributed by atoms with Gasteiger partial charge in [-0.25, -0.2) is 0 Å². The van der Waals surface area contributed by atoms with Gasteiger partial charge in [-0.3, -0.25) is 14.5 Å². The normalized spacial score (nSPS) is 12.7. The quantitative estimate of drug-likeness (QED) is 0.608. The van der Waals surface area contributed by atoms with Crippen LogP contribution in [0.15, 0.2) is 24.3 Å². The van der Waals surface area contributed by atoms with Crippen LogP contribution < -0.4 is 16.4 Å². The summed E-state index contributed by atoms with van der Waals surface area (Å²) in [5.74, 6) is -0.834. The number of carbonyl (C=O) groups is 2. The van der Waals surface area contributed by atoms with Crippen molar-refractivity contribution in [1.29, 1.82) is 0 Å². The number of halogens is 3. The number of likely N-dealkylation sites (N-methyl/N-ethyl adjacent to an activating group) is 1. The van der Waals surface area contributed by atoms with E-state index in [0.29, 0.717) is 18.7 Å². The molecule has 146 valence electrons. The average molecular weight is 374 g/mol. The standard InChI is InChI=1S/C17H25F3N4O2/c1-3-24(4-2)14(10-22-16(26)11-23-15(25)9-21)12-5-7-13(8-6-12)17(18,19)20/h5-8,14H,3-4,9-11,21H2,1-2H3,(H,22,26)(H,23,25). The molecule has 1 atom stereocenters. The van der Waals surface area contributed by atoms with E-state index in [4.69, 9.17) is 5.73 Å². The van der Waals surface area contributed by atoms with Gasteiger partial charge < -0.3 is 16.4 Å². The Morgan fingerprint density at radius 2 is 1.65 bits per heavy atom. The topological polar surface area (TPSA) is 87.5 Å². The highest BCUT2D eigenvalue weighted by atomic mass is 19.4. The predicted octanol–water partition coefficient (Wildman–Crippen LogP) is 1.28. The summed E-state index contributed by atoms with van der Waals surface area (Å²) in [5, 5.41) is 5.06. The number of hydrogen-bond acceptors (Lipinski definition) is 4. The summed E-state index contributed by atoms with van der Waals surface area (Å²) < 4.78 is 38.2. The molecule has 0 spiro atoms. The third-order valence-electron chi connectivity index (χ3n) is 4.00. The molecule has 4 N–H and O–H groups in total. The molecule has 1 rings (SSSR count). The van der Waals surface area contributed by atoms with Gasteiger partial charge in [0, 0.05) is 6.54 Å². The van der Waals surface area contributed by atoms with E-state index in [2.05, 4.69) is 10.6 Å². The molecule has 0 aliphatic rings. The molecule has 0 heterocycles. The highest BCUT2D eigenvalue weighted by Crippen LogP contribution is 2.30. The summed E-state index contributed by atoms with van der Waals surface area (Å²) in [6.45, 7) is 5.01. The van der Waals surface area contributed by atoms with E-state index in [1.807, 2.05) is 18.7 Å². The van der Waals surface area contributed by atoms with Crippen molar-refractivity contribution in [3.63, 3.8) is 0 Å². The smallest absolute Gasteiger partial charge is 0.353 e. The summed E-state index contributed by atoms with van der Waals surface area (Å²) in [6.07, 6.45) is -4.39. The third-order valence-corrected chi connectivity index (χ3v) is 4.00. The number of alkyl halides is 3. The van der Waals surface area contributed by atoms with Crippen LogP contribution in [0.3, 0.4) is 0 Å². The van der Waals surface area contributed by atoms with Crippen molar-refractivity contribution in [2.45, 2.75) is 26.1 Å². The Morgan fingerprint density at radius 3 is 2.12 bits per heavy atom. The van der Waals surface area contributed by atoms with Crippen LogP contribution in [0, 0.1) is 0 Å². The molecule has 6 nitrogen and oxygen atoms in total. The van der Waals surface area contributed by atoms with Gasteiger partial charge in [0.1, 0.15) is 0 Å². The molecular weight excluding hydrogens is 349 g/mol. The van der Waals surface area contributed by atoms with Gasteiger partial charge in [-0.1, -0.05) is 26.0 Å². The van der Waals surface area contributed by atoms with Crippen LogP contribution in [0.2, 0.25) is 0 Å². The van der Waals surface area contributed by atoms with E-state index in [1.165, 1.54) is 12.1 Å². The fraction of sp³-hybridized carbons (Fsp3) is 0.529. The van der Waals surface area contributed by atoms with Gasteiger partial charge in [0.25, 0.3) is 0 Å². The van der Waals surface area contributed by atoms with Gasteiger partial charge in [-0.2, -0.15) is 13.2 Å². The van der Waals surface area contributed by atoms with E-state index < -0.39 is 23.6 Å². The van der Waals surface area contributed by atoms with Crippen LogP contribution in [0.1, 0.15) is 31.0 Å². The molecule has 26 heavy (non-hydrogen) atoms. The first-order valence-electron chi connectivity index (χ1n) is 8.37. The predicted molar refractivity (Wildman–Crippen MR) is 92.2 cm³/mol. The Bertz CT molecular complexity index is 587. The summed E-state index contributed by atoms with van der Waals surface area (Å²) in [7, 11) is 0. The van der Waals surface area contributed by atoms with Crippen LogP contribution in [-0.4, -0.2) is 49.4 Å². The lowest BCUT2D eigenvalue weighted by molar-refractivity contribution is -0.137. The number of rotatable bonds is 9. The number of amides is 2. The maximum Gasteiger partial charge on any atom is 0.416 e. The van der Waals surface area contributed by atoms with Crippen molar-refractivity contribution in [2.75, 3.05) is 32.7 Å². The first-order valence-corrected chi connectivity index (χ1v) is 8.37. The van der Waals surface area contributed by atoms with Crippen molar-refractivity contribution in [1.82, 2.24) is 15.5 Å². The Kier molecular flexibility index (Phi) is 8.53.